The van der Waals surface area contributed by atoms with Gasteiger partial charge in [0.1, 0.15) is 16.5 Å². The molecule has 8 heteroatoms. The van der Waals surface area contributed by atoms with E-state index in [9.17, 15) is 4.79 Å². The third kappa shape index (κ3) is 5.07. The number of anilines is 1. The summed E-state index contributed by atoms with van der Waals surface area (Å²) in [6.07, 6.45) is 0. The molecule has 5 nitrogen and oxygen atoms in total. The van der Waals surface area contributed by atoms with E-state index in [0.717, 1.165) is 11.3 Å². The van der Waals surface area contributed by atoms with Crippen molar-refractivity contribution in [1.29, 1.82) is 0 Å². The fourth-order valence-electron chi connectivity index (χ4n) is 2.59. The first-order chi connectivity index (χ1) is 13.3. The Morgan fingerprint density at radius 3 is 2.46 bits per heavy atom. The second-order valence-electron chi connectivity index (χ2n) is 6.57. The fraction of sp³-hybridized carbons (Fsp3) is 0.250. The smallest absolute Gasteiger partial charge is 0.234 e. The van der Waals surface area contributed by atoms with Crippen LogP contribution < -0.4 is 10.1 Å². The summed E-state index contributed by atoms with van der Waals surface area (Å²) in [7, 11) is 1.60. The Balaban J connectivity index is 1.68. The summed E-state index contributed by atoms with van der Waals surface area (Å²) in [5, 5.41) is 4.49. The van der Waals surface area contributed by atoms with Crippen LogP contribution >= 0.6 is 35.0 Å². The van der Waals surface area contributed by atoms with Gasteiger partial charge >= 0.3 is 0 Å². The molecule has 0 spiro atoms. The number of methoxy groups -OCH3 is 1. The summed E-state index contributed by atoms with van der Waals surface area (Å²) in [5.41, 5.74) is 1.65. The summed E-state index contributed by atoms with van der Waals surface area (Å²) in [5.74, 6) is 0.815. The molecule has 1 aliphatic rings. The maximum absolute atomic E-state index is 12.3. The molecule has 1 N–H and O–H groups in total. The molecule has 1 amide bonds. The highest BCUT2D eigenvalue weighted by Crippen LogP contribution is 2.29. The van der Waals surface area contributed by atoms with Crippen LogP contribution in [0.5, 0.6) is 5.75 Å². The van der Waals surface area contributed by atoms with E-state index in [-0.39, 0.29) is 11.7 Å². The second-order valence-corrected chi connectivity index (χ2v) is 8.34. The Labute approximate surface area is 178 Å². The van der Waals surface area contributed by atoms with Crippen LogP contribution in [0.15, 0.2) is 52.4 Å². The van der Waals surface area contributed by atoms with Crippen LogP contribution in [0.3, 0.4) is 0 Å². The molecule has 3 rings (SSSR count). The molecular weight excluding hydrogens is 417 g/mol. The minimum absolute atomic E-state index is 0.129. The molecule has 0 fully saturated rings. The van der Waals surface area contributed by atoms with Crippen molar-refractivity contribution in [3.05, 3.63) is 58.1 Å². The van der Waals surface area contributed by atoms with E-state index in [2.05, 4.69) is 15.3 Å². The monoisotopic (exact) mass is 435 g/mol. The van der Waals surface area contributed by atoms with Crippen LogP contribution in [0.4, 0.5) is 5.69 Å². The van der Waals surface area contributed by atoms with Crippen molar-refractivity contribution in [1.82, 2.24) is 0 Å². The predicted molar refractivity (Wildman–Crippen MR) is 119 cm³/mol. The molecule has 0 bridgehead atoms. The predicted octanol–water partition coefficient (Wildman–Crippen LogP) is 5.31. The molecule has 0 saturated heterocycles. The highest BCUT2D eigenvalue weighted by Gasteiger charge is 2.28. The van der Waals surface area contributed by atoms with Crippen molar-refractivity contribution >= 4 is 57.3 Å². The van der Waals surface area contributed by atoms with Crippen LogP contribution in [0.25, 0.3) is 0 Å². The maximum atomic E-state index is 12.3. The van der Waals surface area contributed by atoms with Gasteiger partial charge in [0.25, 0.3) is 0 Å². The molecule has 0 unspecified atom stereocenters. The lowest BCUT2D eigenvalue weighted by Gasteiger charge is -2.08. The topological polar surface area (TPSA) is 63.0 Å². The van der Waals surface area contributed by atoms with Crippen molar-refractivity contribution in [3.63, 3.8) is 0 Å². The number of rotatable bonds is 5. The van der Waals surface area contributed by atoms with Crippen molar-refractivity contribution in [3.8, 4) is 5.75 Å². The third-order valence-corrected chi connectivity index (χ3v) is 5.57. The largest absolute Gasteiger partial charge is 0.497 e. The number of ether oxygens (including phenoxy) is 1. The summed E-state index contributed by atoms with van der Waals surface area (Å²) < 4.78 is 5.11. The average molecular weight is 436 g/mol. The normalized spacial score (nSPS) is 15.0. The van der Waals surface area contributed by atoms with E-state index in [4.69, 9.17) is 27.9 Å². The summed E-state index contributed by atoms with van der Waals surface area (Å²) >= 11 is 13.5. The SMILES string of the molecule is COc1ccc(NC(=O)CSC2=NC(C)(C)N=C2c2ccc(Cl)c(Cl)c2)cc1. The van der Waals surface area contributed by atoms with Crippen molar-refractivity contribution in [2.45, 2.75) is 19.5 Å². The van der Waals surface area contributed by atoms with Gasteiger partial charge < -0.3 is 10.1 Å². The Kier molecular flexibility index (Phi) is 6.33. The Morgan fingerprint density at radius 2 is 1.82 bits per heavy atom. The van der Waals surface area contributed by atoms with Crippen molar-refractivity contribution in [2.24, 2.45) is 9.98 Å². The van der Waals surface area contributed by atoms with E-state index in [0.29, 0.717) is 26.5 Å². The van der Waals surface area contributed by atoms with Gasteiger partial charge in [-0.05, 0) is 50.2 Å². The molecule has 0 aromatic heterocycles. The van der Waals surface area contributed by atoms with Gasteiger partial charge in [0, 0.05) is 11.3 Å². The second kappa shape index (κ2) is 8.55. The number of aliphatic imine (C=N–C) groups is 2. The zero-order chi connectivity index (χ0) is 20.3. The lowest BCUT2D eigenvalue weighted by molar-refractivity contribution is -0.113. The molecule has 0 saturated carbocycles. The highest BCUT2D eigenvalue weighted by atomic mass is 35.5. The molecule has 146 valence electrons. The number of nitrogens with one attached hydrogen (secondary N) is 1. The number of thioether (sulfide) groups is 1. The highest BCUT2D eigenvalue weighted by molar-refractivity contribution is 8.16. The first-order valence-electron chi connectivity index (χ1n) is 8.49. The molecular formula is C20H19Cl2N3O2S. The van der Waals surface area contributed by atoms with E-state index in [1.807, 2.05) is 19.9 Å². The zero-order valence-electron chi connectivity index (χ0n) is 15.6. The quantitative estimate of drug-likeness (QED) is 0.691. The Morgan fingerprint density at radius 1 is 1.11 bits per heavy atom. The number of benzene rings is 2. The Bertz CT molecular complexity index is 956. The molecule has 2 aromatic rings. The molecule has 0 atom stereocenters. The Hall–Kier alpha value is -2.02. The van der Waals surface area contributed by atoms with E-state index < -0.39 is 5.66 Å². The van der Waals surface area contributed by atoms with Gasteiger partial charge in [-0.15, -0.1) is 0 Å². The zero-order valence-corrected chi connectivity index (χ0v) is 18.0. The van der Waals surface area contributed by atoms with E-state index in [1.165, 1.54) is 11.8 Å². The van der Waals surface area contributed by atoms with Gasteiger partial charge in [0.05, 0.1) is 28.6 Å². The lowest BCUT2D eigenvalue weighted by atomic mass is 10.1. The van der Waals surface area contributed by atoms with Crippen LogP contribution in [-0.2, 0) is 4.79 Å². The number of carbonyl (C=O) groups is 1. The third-order valence-electron chi connectivity index (χ3n) is 3.87. The minimum atomic E-state index is -0.587. The van der Waals surface area contributed by atoms with Crippen LogP contribution in [0.2, 0.25) is 10.0 Å². The molecule has 0 aliphatic carbocycles. The standard InChI is InChI=1S/C20H19Cl2N3O2S/c1-20(2)24-18(12-4-9-15(21)16(22)10-12)19(25-20)28-11-17(26)23-13-5-7-14(27-3)8-6-13/h4-10H,11H2,1-3H3,(H,23,26). The maximum Gasteiger partial charge on any atom is 0.234 e. The number of hydrogen-bond acceptors (Lipinski definition) is 5. The van der Waals surface area contributed by atoms with Crippen LogP contribution in [0, 0.1) is 0 Å². The number of halogens is 2. The van der Waals surface area contributed by atoms with E-state index in [1.54, 1.807) is 43.5 Å². The number of amides is 1. The molecule has 28 heavy (non-hydrogen) atoms. The minimum Gasteiger partial charge on any atom is -0.497 e. The van der Waals surface area contributed by atoms with Crippen LogP contribution in [0.1, 0.15) is 19.4 Å². The lowest BCUT2D eigenvalue weighted by Crippen LogP contribution is -2.17. The van der Waals surface area contributed by atoms with E-state index >= 15 is 0 Å². The fourth-order valence-corrected chi connectivity index (χ4v) is 3.81. The molecule has 2 aromatic carbocycles. The first kappa shape index (κ1) is 20.7. The summed E-state index contributed by atoms with van der Waals surface area (Å²) in [4.78, 5) is 21.6. The summed E-state index contributed by atoms with van der Waals surface area (Å²) in [6, 6.07) is 12.5. The van der Waals surface area contributed by atoms with Gasteiger partial charge in [-0.3, -0.25) is 9.79 Å². The van der Waals surface area contributed by atoms with Gasteiger partial charge in [-0.2, -0.15) is 0 Å². The first-order valence-corrected chi connectivity index (χ1v) is 10.2. The van der Waals surface area contributed by atoms with Crippen molar-refractivity contribution in [2.75, 3.05) is 18.2 Å². The van der Waals surface area contributed by atoms with Gasteiger partial charge in [0.2, 0.25) is 5.91 Å². The average Bonchev–Trinajstić information content (AvgIpc) is 2.97. The van der Waals surface area contributed by atoms with Crippen LogP contribution in [-0.4, -0.2) is 35.2 Å². The molecule has 1 heterocycles. The summed E-state index contributed by atoms with van der Waals surface area (Å²) in [6.45, 7) is 3.82. The number of nitrogens with zero attached hydrogens (tertiary/aromatic N) is 2. The van der Waals surface area contributed by atoms with Gasteiger partial charge in [0.15, 0.2) is 0 Å². The molecule has 1 aliphatic heterocycles. The number of hydrogen-bond donors (Lipinski definition) is 1. The number of carbonyl (C=O) groups excluding carboxylic acids is 1. The van der Waals surface area contributed by atoms with Gasteiger partial charge in [-0.1, -0.05) is 41.0 Å². The van der Waals surface area contributed by atoms with Crippen molar-refractivity contribution < 1.29 is 9.53 Å². The molecule has 0 radical (unpaired) electrons. The van der Waals surface area contributed by atoms with Gasteiger partial charge in [-0.25, -0.2) is 4.99 Å².